The average Bonchev–Trinajstić information content (AvgIpc) is 2.82. The van der Waals surface area contributed by atoms with Crippen molar-refractivity contribution >= 4 is 28.8 Å². The van der Waals surface area contributed by atoms with Crippen molar-refractivity contribution in [2.45, 2.75) is 19.8 Å². The molecule has 1 amide bonds. The molecule has 0 aliphatic rings. The van der Waals surface area contributed by atoms with Gasteiger partial charge in [-0.2, -0.15) is 5.10 Å². The van der Waals surface area contributed by atoms with Crippen LogP contribution in [-0.2, 0) is 19.9 Å². The second-order valence-electron chi connectivity index (χ2n) is 4.81. The lowest BCUT2D eigenvalue weighted by atomic mass is 10.1. The lowest BCUT2D eigenvalue weighted by Gasteiger charge is -2.06. The standard InChI is InChI=1S/C15H18N4OS/c1-3-13-12(9-19(2)18-13)15(20)17-11-6-4-10(5-7-11)8-14(16)21/h4-7,9H,3,8H2,1-2H3,(H2,16,21)(H,17,20). The minimum absolute atomic E-state index is 0.151. The number of benzene rings is 1. The van der Waals surface area contributed by atoms with E-state index < -0.39 is 0 Å². The number of nitrogens with two attached hydrogens (primary N) is 1. The van der Waals surface area contributed by atoms with E-state index in [1.165, 1.54) is 0 Å². The molecule has 0 atom stereocenters. The quantitative estimate of drug-likeness (QED) is 0.829. The van der Waals surface area contributed by atoms with Crippen LogP contribution in [0.5, 0.6) is 0 Å². The highest BCUT2D eigenvalue weighted by molar-refractivity contribution is 7.80. The first-order valence-electron chi connectivity index (χ1n) is 6.70. The molecule has 2 rings (SSSR count). The largest absolute Gasteiger partial charge is 0.393 e. The molecule has 0 fully saturated rings. The van der Waals surface area contributed by atoms with Crippen LogP contribution in [0.1, 0.15) is 28.5 Å². The third-order valence-electron chi connectivity index (χ3n) is 3.07. The van der Waals surface area contributed by atoms with Crippen LogP contribution in [0.15, 0.2) is 30.5 Å². The van der Waals surface area contributed by atoms with Crippen LogP contribution >= 0.6 is 12.2 Å². The SMILES string of the molecule is CCc1nn(C)cc1C(=O)Nc1ccc(CC(N)=S)cc1. The fourth-order valence-electron chi connectivity index (χ4n) is 2.09. The van der Waals surface area contributed by atoms with Gasteiger partial charge in [0.2, 0.25) is 0 Å². The van der Waals surface area contributed by atoms with E-state index in [9.17, 15) is 4.79 Å². The minimum atomic E-state index is -0.151. The summed E-state index contributed by atoms with van der Waals surface area (Å²) in [7, 11) is 1.81. The fourth-order valence-corrected chi connectivity index (χ4v) is 2.26. The molecular weight excluding hydrogens is 284 g/mol. The zero-order valence-electron chi connectivity index (χ0n) is 12.1. The Morgan fingerprint density at radius 1 is 1.38 bits per heavy atom. The summed E-state index contributed by atoms with van der Waals surface area (Å²) in [5.41, 5.74) is 8.66. The van der Waals surface area contributed by atoms with E-state index in [1.54, 1.807) is 17.9 Å². The summed E-state index contributed by atoms with van der Waals surface area (Å²) in [6.45, 7) is 1.98. The molecule has 0 unspecified atom stereocenters. The second kappa shape index (κ2) is 6.49. The fraction of sp³-hybridized carbons (Fsp3) is 0.267. The predicted octanol–water partition coefficient (Wildman–Crippen LogP) is 2.06. The molecule has 0 bridgehead atoms. The topological polar surface area (TPSA) is 72.9 Å². The van der Waals surface area contributed by atoms with Gasteiger partial charge in [-0.3, -0.25) is 9.48 Å². The number of thiocarbonyl (C=S) groups is 1. The lowest BCUT2D eigenvalue weighted by molar-refractivity contribution is 0.102. The van der Waals surface area contributed by atoms with Gasteiger partial charge < -0.3 is 11.1 Å². The number of hydrogen-bond acceptors (Lipinski definition) is 3. The molecule has 0 saturated carbocycles. The third-order valence-corrected chi connectivity index (χ3v) is 3.22. The summed E-state index contributed by atoms with van der Waals surface area (Å²) in [6.07, 6.45) is 3.01. The van der Waals surface area contributed by atoms with Gasteiger partial charge in [-0.25, -0.2) is 0 Å². The Hall–Kier alpha value is -2.21. The Kier molecular flexibility index (Phi) is 4.70. The Balaban J connectivity index is 2.10. The van der Waals surface area contributed by atoms with Crippen molar-refractivity contribution in [3.05, 3.63) is 47.3 Å². The van der Waals surface area contributed by atoms with E-state index in [2.05, 4.69) is 10.4 Å². The molecule has 3 N–H and O–H groups in total. The van der Waals surface area contributed by atoms with E-state index >= 15 is 0 Å². The normalized spacial score (nSPS) is 10.4. The number of aromatic nitrogens is 2. The van der Waals surface area contributed by atoms with E-state index in [1.807, 2.05) is 31.2 Å². The molecule has 0 radical (unpaired) electrons. The molecule has 1 aromatic carbocycles. The summed E-state index contributed by atoms with van der Waals surface area (Å²) in [6, 6.07) is 7.48. The number of rotatable bonds is 5. The van der Waals surface area contributed by atoms with Crippen molar-refractivity contribution in [3.63, 3.8) is 0 Å². The minimum Gasteiger partial charge on any atom is -0.393 e. The first-order valence-corrected chi connectivity index (χ1v) is 7.11. The van der Waals surface area contributed by atoms with Gasteiger partial charge in [0.05, 0.1) is 16.2 Å². The number of anilines is 1. The van der Waals surface area contributed by atoms with Crippen molar-refractivity contribution in [3.8, 4) is 0 Å². The van der Waals surface area contributed by atoms with Crippen molar-refractivity contribution in [1.29, 1.82) is 0 Å². The van der Waals surface area contributed by atoms with Gasteiger partial charge in [-0.1, -0.05) is 31.3 Å². The van der Waals surface area contributed by atoms with Crippen LogP contribution < -0.4 is 11.1 Å². The molecular formula is C15H18N4OS. The molecule has 6 heteroatoms. The number of nitrogens with zero attached hydrogens (tertiary/aromatic N) is 2. The molecule has 110 valence electrons. The number of amides is 1. The number of hydrogen-bond donors (Lipinski definition) is 2. The summed E-state index contributed by atoms with van der Waals surface area (Å²) in [5.74, 6) is -0.151. The highest BCUT2D eigenvalue weighted by Crippen LogP contribution is 2.14. The van der Waals surface area contributed by atoms with Crippen LogP contribution in [0.2, 0.25) is 0 Å². The van der Waals surface area contributed by atoms with E-state index in [-0.39, 0.29) is 5.91 Å². The van der Waals surface area contributed by atoms with Gasteiger partial charge >= 0.3 is 0 Å². The Labute approximate surface area is 129 Å². The predicted molar refractivity (Wildman–Crippen MR) is 87.5 cm³/mol. The van der Waals surface area contributed by atoms with Crippen LogP contribution in [0, 0.1) is 0 Å². The van der Waals surface area contributed by atoms with Crippen LogP contribution in [0.3, 0.4) is 0 Å². The van der Waals surface area contributed by atoms with Crippen LogP contribution in [-0.4, -0.2) is 20.7 Å². The molecule has 1 heterocycles. The summed E-state index contributed by atoms with van der Waals surface area (Å²) < 4.78 is 1.65. The molecule has 0 saturated heterocycles. The number of nitrogens with one attached hydrogen (secondary N) is 1. The van der Waals surface area contributed by atoms with E-state index in [0.717, 1.165) is 23.4 Å². The van der Waals surface area contributed by atoms with Gasteiger partial charge in [0.15, 0.2) is 0 Å². The van der Waals surface area contributed by atoms with Crippen LogP contribution in [0.4, 0.5) is 5.69 Å². The van der Waals surface area contributed by atoms with Gasteiger partial charge in [0.25, 0.3) is 5.91 Å². The van der Waals surface area contributed by atoms with Crippen LogP contribution in [0.25, 0.3) is 0 Å². The molecule has 21 heavy (non-hydrogen) atoms. The monoisotopic (exact) mass is 302 g/mol. The molecule has 0 aliphatic heterocycles. The number of carbonyl (C=O) groups is 1. The maximum Gasteiger partial charge on any atom is 0.259 e. The first kappa shape index (κ1) is 15.2. The number of carbonyl (C=O) groups excluding carboxylic acids is 1. The lowest BCUT2D eigenvalue weighted by Crippen LogP contribution is -2.13. The summed E-state index contributed by atoms with van der Waals surface area (Å²) in [5, 5.41) is 7.14. The van der Waals surface area contributed by atoms with E-state index in [0.29, 0.717) is 17.0 Å². The van der Waals surface area contributed by atoms with Crippen molar-refractivity contribution in [2.24, 2.45) is 12.8 Å². The zero-order valence-corrected chi connectivity index (χ0v) is 12.9. The Morgan fingerprint density at radius 2 is 2.05 bits per heavy atom. The highest BCUT2D eigenvalue weighted by Gasteiger charge is 2.14. The third kappa shape index (κ3) is 3.88. The maximum atomic E-state index is 12.3. The van der Waals surface area contributed by atoms with Gasteiger partial charge in [-0.15, -0.1) is 0 Å². The van der Waals surface area contributed by atoms with Gasteiger partial charge in [0.1, 0.15) is 0 Å². The smallest absolute Gasteiger partial charge is 0.259 e. The average molecular weight is 302 g/mol. The zero-order chi connectivity index (χ0) is 15.4. The van der Waals surface area contributed by atoms with Crippen molar-refractivity contribution in [2.75, 3.05) is 5.32 Å². The summed E-state index contributed by atoms with van der Waals surface area (Å²) in [4.78, 5) is 12.7. The molecule has 1 aromatic heterocycles. The van der Waals surface area contributed by atoms with Gasteiger partial charge in [-0.05, 0) is 24.1 Å². The molecule has 0 spiro atoms. The second-order valence-corrected chi connectivity index (χ2v) is 5.34. The van der Waals surface area contributed by atoms with Crippen molar-refractivity contribution < 1.29 is 4.79 Å². The van der Waals surface area contributed by atoms with E-state index in [4.69, 9.17) is 18.0 Å². The molecule has 2 aromatic rings. The van der Waals surface area contributed by atoms with Gasteiger partial charge in [0, 0.05) is 25.4 Å². The van der Waals surface area contributed by atoms with Crippen molar-refractivity contribution in [1.82, 2.24) is 9.78 Å². The Bertz CT molecular complexity index is 661. The Morgan fingerprint density at radius 3 is 2.62 bits per heavy atom. The molecule has 0 aliphatic carbocycles. The molecule has 5 nitrogen and oxygen atoms in total. The maximum absolute atomic E-state index is 12.3. The highest BCUT2D eigenvalue weighted by atomic mass is 32.1. The number of aryl methyl sites for hydroxylation is 2. The first-order chi connectivity index (χ1) is 9.99. The summed E-state index contributed by atoms with van der Waals surface area (Å²) >= 11 is 4.87.